The van der Waals surface area contributed by atoms with Gasteiger partial charge in [0.05, 0.1) is 11.7 Å². The van der Waals surface area contributed by atoms with Gasteiger partial charge in [-0.15, -0.1) is 0 Å². The lowest BCUT2D eigenvalue weighted by Gasteiger charge is -2.11. The normalized spacial score (nSPS) is 17.4. The first-order chi connectivity index (χ1) is 10.7. The minimum atomic E-state index is -0.207. The highest BCUT2D eigenvalue weighted by Gasteiger charge is 2.17. The Bertz CT molecular complexity index is 703. The number of aromatic amines is 1. The van der Waals surface area contributed by atoms with Crippen molar-refractivity contribution in [2.45, 2.75) is 18.9 Å². The van der Waals surface area contributed by atoms with E-state index in [1.54, 1.807) is 6.07 Å². The van der Waals surface area contributed by atoms with Crippen LogP contribution in [0.2, 0.25) is 0 Å². The van der Waals surface area contributed by atoms with Crippen LogP contribution in [0.4, 0.5) is 0 Å². The van der Waals surface area contributed by atoms with Crippen LogP contribution in [0.15, 0.2) is 47.4 Å². The van der Waals surface area contributed by atoms with Crippen LogP contribution in [0.25, 0.3) is 11.1 Å². The number of aromatic nitrogens is 1. The van der Waals surface area contributed by atoms with Gasteiger partial charge in [0.1, 0.15) is 0 Å². The Hall–Kier alpha value is -2.40. The Morgan fingerprint density at radius 2 is 2.14 bits per heavy atom. The molecule has 3 rings (SSSR count). The van der Waals surface area contributed by atoms with E-state index in [2.05, 4.69) is 10.3 Å². The largest absolute Gasteiger partial charge is 0.376 e. The summed E-state index contributed by atoms with van der Waals surface area (Å²) in [6.45, 7) is 1.26. The van der Waals surface area contributed by atoms with Crippen LogP contribution in [0, 0.1) is 0 Å². The first-order valence-corrected chi connectivity index (χ1v) is 7.42. The number of benzene rings is 1. The fraction of sp³-hybridized carbons (Fsp3) is 0.294. The average Bonchev–Trinajstić information content (AvgIpc) is 3.07. The summed E-state index contributed by atoms with van der Waals surface area (Å²) >= 11 is 0. The molecule has 2 N–H and O–H groups in total. The van der Waals surface area contributed by atoms with Crippen molar-refractivity contribution in [2.24, 2.45) is 0 Å². The molecule has 22 heavy (non-hydrogen) atoms. The zero-order valence-electron chi connectivity index (χ0n) is 12.2. The van der Waals surface area contributed by atoms with E-state index in [0.29, 0.717) is 17.7 Å². The predicted octanol–water partition coefficient (Wildman–Crippen LogP) is 1.95. The number of hydrogen-bond acceptors (Lipinski definition) is 3. The van der Waals surface area contributed by atoms with Gasteiger partial charge in [-0.2, -0.15) is 0 Å². The van der Waals surface area contributed by atoms with Crippen LogP contribution < -0.4 is 10.9 Å². The third-order valence-electron chi connectivity index (χ3n) is 3.76. The Morgan fingerprint density at radius 3 is 2.86 bits per heavy atom. The first kappa shape index (κ1) is 14.5. The monoisotopic (exact) mass is 298 g/mol. The van der Waals surface area contributed by atoms with Crippen LogP contribution in [0.5, 0.6) is 0 Å². The summed E-state index contributed by atoms with van der Waals surface area (Å²) in [6.07, 6.45) is 3.55. The fourth-order valence-electron chi connectivity index (χ4n) is 2.56. The molecule has 2 heterocycles. The summed E-state index contributed by atoms with van der Waals surface area (Å²) in [4.78, 5) is 26.8. The highest BCUT2D eigenvalue weighted by molar-refractivity contribution is 5.95. The number of ether oxygens (including phenoxy) is 1. The van der Waals surface area contributed by atoms with E-state index in [1.165, 1.54) is 6.20 Å². The molecule has 1 fully saturated rings. The van der Waals surface area contributed by atoms with Gasteiger partial charge in [-0.1, -0.05) is 30.3 Å². The number of hydrogen-bond donors (Lipinski definition) is 2. The highest BCUT2D eigenvalue weighted by atomic mass is 16.5. The molecule has 1 atom stereocenters. The number of amides is 1. The quantitative estimate of drug-likeness (QED) is 0.906. The highest BCUT2D eigenvalue weighted by Crippen LogP contribution is 2.15. The van der Waals surface area contributed by atoms with Crippen LogP contribution >= 0.6 is 0 Å². The van der Waals surface area contributed by atoms with E-state index in [4.69, 9.17) is 4.74 Å². The van der Waals surface area contributed by atoms with E-state index in [1.807, 2.05) is 30.3 Å². The minimum Gasteiger partial charge on any atom is -0.376 e. The number of H-pyrrole nitrogens is 1. The second-order valence-electron chi connectivity index (χ2n) is 5.34. The first-order valence-electron chi connectivity index (χ1n) is 7.42. The molecule has 5 nitrogen and oxygen atoms in total. The third-order valence-corrected chi connectivity index (χ3v) is 3.76. The zero-order valence-corrected chi connectivity index (χ0v) is 12.2. The molecule has 0 bridgehead atoms. The summed E-state index contributed by atoms with van der Waals surface area (Å²) in [7, 11) is 0. The maximum absolute atomic E-state index is 12.2. The summed E-state index contributed by atoms with van der Waals surface area (Å²) in [5.41, 5.74) is 1.52. The van der Waals surface area contributed by atoms with Crippen molar-refractivity contribution in [3.63, 3.8) is 0 Å². The molecule has 1 aromatic heterocycles. The lowest BCUT2D eigenvalue weighted by Crippen LogP contribution is -2.32. The molecule has 2 aromatic rings. The maximum Gasteiger partial charge on any atom is 0.255 e. The van der Waals surface area contributed by atoms with Gasteiger partial charge in [0, 0.05) is 24.9 Å². The Morgan fingerprint density at radius 1 is 1.32 bits per heavy atom. The van der Waals surface area contributed by atoms with Crippen molar-refractivity contribution >= 4 is 5.91 Å². The molecular formula is C17H18N2O3. The lowest BCUT2D eigenvalue weighted by atomic mass is 10.1. The molecule has 5 heteroatoms. The standard InChI is InChI=1S/C17H18N2O3/c20-16(19-11-14-7-4-8-22-14)13-9-15(17(21)18-10-13)12-5-2-1-3-6-12/h1-3,5-6,9-10,14H,4,7-8,11H2,(H,18,21)(H,19,20). The average molecular weight is 298 g/mol. The summed E-state index contributed by atoms with van der Waals surface area (Å²) in [5.74, 6) is -0.205. The number of carbonyl (C=O) groups excluding carboxylic acids is 1. The van der Waals surface area contributed by atoms with Crippen LogP contribution in [0.1, 0.15) is 23.2 Å². The molecule has 1 amide bonds. The summed E-state index contributed by atoms with van der Waals surface area (Å²) in [5, 5.41) is 2.85. The number of pyridine rings is 1. The van der Waals surface area contributed by atoms with Gasteiger partial charge in [-0.05, 0) is 24.5 Å². The molecule has 0 spiro atoms. The van der Waals surface area contributed by atoms with E-state index in [-0.39, 0.29) is 17.6 Å². The van der Waals surface area contributed by atoms with Crippen molar-refractivity contribution < 1.29 is 9.53 Å². The van der Waals surface area contributed by atoms with Gasteiger partial charge < -0.3 is 15.0 Å². The van der Waals surface area contributed by atoms with Gasteiger partial charge in [-0.3, -0.25) is 9.59 Å². The fourth-order valence-corrected chi connectivity index (χ4v) is 2.56. The van der Waals surface area contributed by atoms with Crippen LogP contribution in [-0.2, 0) is 4.74 Å². The minimum absolute atomic E-state index is 0.0975. The molecule has 1 saturated heterocycles. The van der Waals surface area contributed by atoms with E-state index < -0.39 is 0 Å². The van der Waals surface area contributed by atoms with Gasteiger partial charge in [0.15, 0.2) is 0 Å². The van der Waals surface area contributed by atoms with Crippen molar-refractivity contribution in [1.29, 1.82) is 0 Å². The Kier molecular flexibility index (Phi) is 4.34. The topological polar surface area (TPSA) is 71.2 Å². The smallest absolute Gasteiger partial charge is 0.255 e. The predicted molar refractivity (Wildman–Crippen MR) is 83.8 cm³/mol. The second kappa shape index (κ2) is 6.58. The molecule has 1 aliphatic rings. The molecule has 1 unspecified atom stereocenters. The van der Waals surface area contributed by atoms with Crippen LogP contribution in [0.3, 0.4) is 0 Å². The molecule has 1 aromatic carbocycles. The molecule has 1 aliphatic heterocycles. The van der Waals surface area contributed by atoms with Gasteiger partial charge in [0.25, 0.3) is 11.5 Å². The number of nitrogens with one attached hydrogen (secondary N) is 2. The van der Waals surface area contributed by atoms with Gasteiger partial charge in [-0.25, -0.2) is 0 Å². The van der Waals surface area contributed by atoms with Crippen molar-refractivity contribution in [3.8, 4) is 11.1 Å². The number of rotatable bonds is 4. The Labute approximate surface area is 128 Å². The molecule has 0 saturated carbocycles. The number of carbonyl (C=O) groups is 1. The third kappa shape index (κ3) is 3.26. The lowest BCUT2D eigenvalue weighted by molar-refractivity contribution is 0.0857. The SMILES string of the molecule is O=C(NCC1CCCO1)c1c[nH]c(=O)c(-c2ccccc2)c1. The van der Waals surface area contributed by atoms with Crippen molar-refractivity contribution in [1.82, 2.24) is 10.3 Å². The summed E-state index contributed by atoms with van der Waals surface area (Å²) in [6, 6.07) is 10.9. The van der Waals surface area contributed by atoms with Gasteiger partial charge >= 0.3 is 0 Å². The van der Waals surface area contributed by atoms with Crippen molar-refractivity contribution in [2.75, 3.05) is 13.2 Å². The molecule has 114 valence electrons. The van der Waals surface area contributed by atoms with E-state index in [0.717, 1.165) is 25.0 Å². The molecular weight excluding hydrogens is 280 g/mol. The maximum atomic E-state index is 12.2. The van der Waals surface area contributed by atoms with E-state index >= 15 is 0 Å². The zero-order chi connectivity index (χ0) is 15.4. The van der Waals surface area contributed by atoms with Crippen molar-refractivity contribution in [3.05, 3.63) is 58.5 Å². The molecule has 0 radical (unpaired) electrons. The summed E-state index contributed by atoms with van der Waals surface area (Å²) < 4.78 is 5.48. The Balaban J connectivity index is 1.76. The van der Waals surface area contributed by atoms with E-state index in [9.17, 15) is 9.59 Å². The van der Waals surface area contributed by atoms with Gasteiger partial charge in [0.2, 0.25) is 0 Å². The van der Waals surface area contributed by atoms with Crippen LogP contribution in [-0.4, -0.2) is 30.1 Å². The second-order valence-corrected chi connectivity index (χ2v) is 5.34. The molecule has 0 aliphatic carbocycles.